The molecular weight excluding hydrogens is 778 g/mol. The Morgan fingerprint density at radius 3 is 1.31 bits per heavy atom. The molecule has 2 aliphatic rings. The lowest BCUT2D eigenvalue weighted by Gasteiger charge is -2.32. The van der Waals surface area contributed by atoms with Gasteiger partial charge in [-0.1, -0.05) is 70.7 Å². The Bertz CT molecular complexity index is 1920. The first-order valence-corrected chi connectivity index (χ1v) is 18.6. The minimum absolute atomic E-state index is 0.104. The summed E-state index contributed by atoms with van der Waals surface area (Å²) < 4.78 is 0. The largest absolute Gasteiger partial charge is 0.480 e. The molecule has 0 saturated carbocycles. The van der Waals surface area contributed by atoms with Crippen molar-refractivity contribution in [3.05, 3.63) is 115 Å². The van der Waals surface area contributed by atoms with Crippen molar-refractivity contribution in [1.82, 2.24) is 10.6 Å². The van der Waals surface area contributed by atoms with E-state index < -0.39 is 48.2 Å². The van der Waals surface area contributed by atoms with Gasteiger partial charge in [-0.3, -0.25) is 0 Å². The third-order valence-corrected chi connectivity index (χ3v) is 10.4. The average molecular weight is 815 g/mol. The predicted molar refractivity (Wildman–Crippen MR) is 212 cm³/mol. The summed E-state index contributed by atoms with van der Waals surface area (Å²) in [6.45, 7) is 0. The summed E-state index contributed by atoms with van der Waals surface area (Å²) in [5.74, 6) is -2.10. The number of aliphatic carboxylic acids is 2. The molecule has 4 amide bonds. The monoisotopic (exact) mass is 812 g/mol. The summed E-state index contributed by atoms with van der Waals surface area (Å²) in [5, 5.41) is 37.7. The summed E-state index contributed by atoms with van der Waals surface area (Å²) >= 11 is 25.1. The van der Waals surface area contributed by atoms with Crippen LogP contribution in [0.3, 0.4) is 0 Å². The molecule has 2 aliphatic heterocycles. The topological polar surface area (TPSA) is 181 Å². The van der Waals surface area contributed by atoms with Gasteiger partial charge in [0, 0.05) is 66.8 Å². The first-order valence-electron chi connectivity index (χ1n) is 17.1. The van der Waals surface area contributed by atoms with Gasteiger partial charge < -0.3 is 42.1 Å². The smallest absolute Gasteiger partial charge is 0.326 e. The molecule has 16 heteroatoms. The van der Waals surface area contributed by atoms with Gasteiger partial charge in [-0.2, -0.15) is 0 Å². The van der Waals surface area contributed by atoms with E-state index in [2.05, 4.69) is 31.9 Å². The quantitative estimate of drug-likeness (QED) is 0.0691. The Labute approximate surface area is 330 Å². The third kappa shape index (κ3) is 9.61. The molecular formula is C38H36Cl4N6O6. The molecule has 2 heterocycles. The summed E-state index contributed by atoms with van der Waals surface area (Å²) in [6, 6.07) is 17.3. The zero-order valence-corrected chi connectivity index (χ0v) is 31.5. The highest BCUT2D eigenvalue weighted by Gasteiger charge is 2.35. The van der Waals surface area contributed by atoms with Gasteiger partial charge in [-0.15, -0.1) is 0 Å². The summed E-state index contributed by atoms with van der Waals surface area (Å²) in [6.07, 6.45) is 3.76. The molecule has 12 nitrogen and oxygen atoms in total. The van der Waals surface area contributed by atoms with E-state index >= 15 is 0 Å². The van der Waals surface area contributed by atoms with E-state index in [1.165, 1.54) is 0 Å². The Hall–Kier alpha value is -4.88. The number of nitrogens with one attached hydrogen (secondary N) is 6. The van der Waals surface area contributed by atoms with Gasteiger partial charge in [-0.05, 0) is 85.3 Å². The van der Waals surface area contributed by atoms with E-state index in [-0.39, 0.29) is 12.8 Å². The fraction of sp³-hybridized carbons (Fsp3) is 0.263. The van der Waals surface area contributed by atoms with Gasteiger partial charge in [0.2, 0.25) is 0 Å². The summed E-state index contributed by atoms with van der Waals surface area (Å²) in [5.41, 5.74) is 5.49. The summed E-state index contributed by atoms with van der Waals surface area (Å²) in [7, 11) is 0. The first-order chi connectivity index (χ1) is 25.8. The van der Waals surface area contributed by atoms with Crippen LogP contribution in [0, 0.1) is 0 Å². The lowest BCUT2D eigenvalue weighted by atomic mass is 9.93. The number of hydrogen-bond acceptors (Lipinski definition) is 6. The Kier molecular flexibility index (Phi) is 12.3. The molecule has 0 bridgehead atoms. The van der Waals surface area contributed by atoms with Gasteiger partial charge in [0.05, 0.1) is 12.1 Å². The predicted octanol–water partition coefficient (Wildman–Crippen LogP) is 9.13. The molecule has 8 N–H and O–H groups in total. The van der Waals surface area contributed by atoms with Crippen LogP contribution in [-0.2, 0) is 22.4 Å². The number of anilines is 4. The van der Waals surface area contributed by atoms with E-state index in [9.17, 15) is 29.4 Å². The molecule has 54 heavy (non-hydrogen) atoms. The van der Waals surface area contributed by atoms with Gasteiger partial charge >= 0.3 is 24.0 Å². The highest BCUT2D eigenvalue weighted by Crippen LogP contribution is 2.41. The maximum atomic E-state index is 12.9. The molecule has 0 saturated heterocycles. The maximum absolute atomic E-state index is 12.9. The minimum atomic E-state index is -1.05. The van der Waals surface area contributed by atoms with Crippen LogP contribution < -0.4 is 31.9 Å². The van der Waals surface area contributed by atoms with Crippen LogP contribution in [0.25, 0.3) is 0 Å². The maximum Gasteiger partial charge on any atom is 0.326 e. The Morgan fingerprint density at radius 2 is 0.963 bits per heavy atom. The molecule has 0 spiro atoms. The second kappa shape index (κ2) is 17.1. The number of hydrogen-bond donors (Lipinski definition) is 8. The molecule has 4 aromatic carbocycles. The van der Waals surface area contributed by atoms with Crippen molar-refractivity contribution in [3.63, 3.8) is 0 Å². The lowest BCUT2D eigenvalue weighted by Crippen LogP contribution is -2.42. The number of carbonyl (C=O) groups is 4. The van der Waals surface area contributed by atoms with Crippen LogP contribution in [0.5, 0.6) is 0 Å². The molecule has 0 fully saturated rings. The van der Waals surface area contributed by atoms with Crippen molar-refractivity contribution < 1.29 is 29.4 Å². The van der Waals surface area contributed by atoms with E-state index in [1.54, 1.807) is 24.3 Å². The van der Waals surface area contributed by atoms with E-state index in [4.69, 9.17) is 46.4 Å². The molecule has 282 valence electrons. The fourth-order valence-electron chi connectivity index (χ4n) is 6.72. The highest BCUT2D eigenvalue weighted by atomic mass is 35.5. The number of halogens is 4. The molecule has 0 radical (unpaired) electrons. The van der Waals surface area contributed by atoms with Crippen LogP contribution >= 0.6 is 46.4 Å². The molecule has 0 unspecified atom stereocenters. The van der Waals surface area contributed by atoms with Gasteiger partial charge in [0.1, 0.15) is 12.1 Å². The zero-order valence-electron chi connectivity index (χ0n) is 28.5. The molecule has 6 rings (SSSR count). The number of fused-ring (bicyclic) bond motifs is 2. The van der Waals surface area contributed by atoms with Crippen LogP contribution in [0.4, 0.5) is 32.3 Å². The number of rotatable bonds is 11. The Balaban J connectivity index is 0.943. The number of aryl methyl sites for hydroxylation is 2. The van der Waals surface area contributed by atoms with Crippen LogP contribution in [0.2, 0.25) is 20.1 Å². The molecule has 4 atom stereocenters. The number of carbonyl (C=O) groups excluding carboxylic acids is 2. The number of benzene rings is 4. The van der Waals surface area contributed by atoms with Crippen LogP contribution in [0.1, 0.15) is 60.0 Å². The summed E-state index contributed by atoms with van der Waals surface area (Å²) in [4.78, 5) is 49.3. The first kappa shape index (κ1) is 38.8. The van der Waals surface area contributed by atoms with Gasteiger partial charge in [0.25, 0.3) is 0 Å². The van der Waals surface area contributed by atoms with Crippen molar-refractivity contribution in [3.8, 4) is 0 Å². The van der Waals surface area contributed by atoms with Crippen molar-refractivity contribution in [1.29, 1.82) is 0 Å². The molecule has 0 aliphatic carbocycles. The van der Waals surface area contributed by atoms with E-state index in [1.807, 2.05) is 48.5 Å². The molecule has 4 aromatic rings. The van der Waals surface area contributed by atoms with Crippen molar-refractivity contribution in [2.75, 3.05) is 21.3 Å². The Morgan fingerprint density at radius 1 is 0.593 bits per heavy atom. The number of unbranched alkanes of at least 4 members (excludes halogenated alkanes) is 1. The van der Waals surface area contributed by atoms with Crippen molar-refractivity contribution in [2.24, 2.45) is 0 Å². The zero-order chi connectivity index (χ0) is 38.5. The average Bonchev–Trinajstić information content (AvgIpc) is 3.10. The second-order valence-electron chi connectivity index (χ2n) is 13.1. The van der Waals surface area contributed by atoms with E-state index in [0.717, 1.165) is 36.8 Å². The van der Waals surface area contributed by atoms with Crippen LogP contribution in [0.15, 0.2) is 72.8 Å². The van der Waals surface area contributed by atoms with E-state index in [0.29, 0.717) is 54.0 Å². The van der Waals surface area contributed by atoms with Gasteiger partial charge in [0.15, 0.2) is 0 Å². The van der Waals surface area contributed by atoms with Crippen LogP contribution in [-0.4, -0.2) is 46.3 Å². The third-order valence-electron chi connectivity index (χ3n) is 9.30. The number of carboxylic acid groups (broad SMARTS) is 2. The number of amides is 4. The lowest BCUT2D eigenvalue weighted by molar-refractivity contribution is -0.139. The normalized spacial score (nSPS) is 18.5. The minimum Gasteiger partial charge on any atom is -0.480 e. The SMILES string of the molecule is O=C(Nc1ccc(CCCCc2ccc(NC(=O)N[C@H]3C[C@H](C(=O)O)Nc4cc(Cl)cc(Cl)c43)cc2)cc1)N[C@H]1C[C@H](C(=O)O)Nc2cc(Cl)cc(Cl)c21. The second-order valence-corrected chi connectivity index (χ2v) is 14.8. The van der Waals surface area contributed by atoms with Crippen molar-refractivity contribution >= 4 is 93.2 Å². The highest BCUT2D eigenvalue weighted by molar-refractivity contribution is 6.36. The molecule has 0 aromatic heterocycles. The number of urea groups is 2. The fourth-order valence-corrected chi connectivity index (χ4v) is 7.97. The van der Waals surface area contributed by atoms with Crippen molar-refractivity contribution in [2.45, 2.75) is 62.7 Å². The standard InChI is InChI=1S/C38H36Cl4N6O6/c39-21-13-25(41)33-27(15-21)45-31(35(49)50)17-29(33)47-37(53)43-23-9-5-19(6-10-23)3-1-2-4-20-7-11-24(12-8-20)44-38(54)48-30-18-32(36(51)52)46-28-16-22(40)14-26(42)34(28)30/h5-16,29-32,45-46H,1-4,17-18H2,(H,49,50)(H,51,52)(H2,43,47,53)(H2,44,48,54)/t29-,30-,31+,32+/m0/s1. The number of carboxylic acids is 2. The van der Waals surface area contributed by atoms with Gasteiger partial charge in [-0.25, -0.2) is 19.2 Å².